The first-order chi connectivity index (χ1) is 16.9. The lowest BCUT2D eigenvalue weighted by Crippen LogP contribution is -2.48. The summed E-state index contributed by atoms with van der Waals surface area (Å²) in [6, 6.07) is 20.2. The van der Waals surface area contributed by atoms with E-state index in [4.69, 9.17) is 21.1 Å². The van der Waals surface area contributed by atoms with E-state index in [2.05, 4.69) is 10.2 Å². The van der Waals surface area contributed by atoms with Crippen molar-refractivity contribution in [2.45, 2.75) is 6.42 Å². The summed E-state index contributed by atoms with van der Waals surface area (Å²) in [4.78, 5) is 29.4. The van der Waals surface area contributed by atoms with E-state index in [9.17, 15) is 9.59 Å². The third-order valence-electron chi connectivity index (χ3n) is 5.96. The lowest BCUT2D eigenvalue weighted by Gasteiger charge is -2.36. The maximum atomic E-state index is 13.0. The number of nitrogens with one attached hydrogen (secondary N) is 1. The van der Waals surface area contributed by atoms with Crippen LogP contribution < -0.4 is 19.7 Å². The molecule has 1 fully saturated rings. The SMILES string of the molecule is COc1cc(OC)cc(C(=O)N2CCN(c3ccc(NC(=O)Cc4ccc(Cl)cc4)cc3)CC2)c1. The fraction of sp³-hybridized carbons (Fsp3) is 0.259. The standard InChI is InChI=1S/C27H28ClN3O4/c1-34-24-16-20(17-25(18-24)35-2)27(33)31-13-11-30(12-14-31)23-9-7-22(8-10-23)29-26(32)15-19-3-5-21(28)6-4-19/h3-10,16-18H,11-15H2,1-2H3,(H,29,32). The van der Waals surface area contributed by atoms with Gasteiger partial charge in [-0.1, -0.05) is 23.7 Å². The van der Waals surface area contributed by atoms with Gasteiger partial charge in [0.05, 0.1) is 20.6 Å². The maximum Gasteiger partial charge on any atom is 0.254 e. The van der Waals surface area contributed by atoms with Crippen LogP contribution in [0.2, 0.25) is 5.02 Å². The average Bonchev–Trinajstić information content (AvgIpc) is 2.89. The highest BCUT2D eigenvalue weighted by Gasteiger charge is 2.23. The predicted octanol–water partition coefficient (Wildman–Crippen LogP) is 4.50. The third-order valence-corrected chi connectivity index (χ3v) is 6.21. The number of anilines is 2. The molecule has 1 aliphatic heterocycles. The van der Waals surface area contributed by atoms with Crippen LogP contribution >= 0.6 is 11.6 Å². The van der Waals surface area contributed by atoms with Gasteiger partial charge in [0.15, 0.2) is 0 Å². The number of carbonyl (C=O) groups is 2. The number of rotatable bonds is 7. The molecule has 1 saturated heterocycles. The summed E-state index contributed by atoms with van der Waals surface area (Å²) < 4.78 is 10.6. The second kappa shape index (κ2) is 11.1. The van der Waals surface area contributed by atoms with Crippen molar-refractivity contribution in [3.63, 3.8) is 0 Å². The van der Waals surface area contributed by atoms with E-state index in [0.717, 1.165) is 30.0 Å². The first-order valence-corrected chi connectivity index (χ1v) is 11.7. The van der Waals surface area contributed by atoms with E-state index in [1.807, 2.05) is 41.3 Å². The van der Waals surface area contributed by atoms with E-state index in [1.165, 1.54) is 0 Å². The van der Waals surface area contributed by atoms with E-state index in [-0.39, 0.29) is 18.2 Å². The Hall–Kier alpha value is -3.71. The van der Waals surface area contributed by atoms with Crippen molar-refractivity contribution in [3.05, 3.63) is 82.9 Å². The second-order valence-corrected chi connectivity index (χ2v) is 8.72. The van der Waals surface area contributed by atoms with Crippen LogP contribution in [0.15, 0.2) is 66.7 Å². The molecule has 0 bridgehead atoms. The summed E-state index contributed by atoms with van der Waals surface area (Å²) in [5.74, 6) is 1.06. The molecular formula is C27H28ClN3O4. The fourth-order valence-electron chi connectivity index (χ4n) is 4.03. The molecule has 182 valence electrons. The third kappa shape index (κ3) is 6.25. The number of amides is 2. The molecule has 2 amide bonds. The first-order valence-electron chi connectivity index (χ1n) is 11.4. The minimum absolute atomic E-state index is 0.0411. The highest BCUT2D eigenvalue weighted by Crippen LogP contribution is 2.25. The van der Waals surface area contributed by atoms with Gasteiger partial charge in [-0.25, -0.2) is 0 Å². The topological polar surface area (TPSA) is 71.1 Å². The molecule has 3 aromatic carbocycles. The zero-order chi connectivity index (χ0) is 24.8. The predicted molar refractivity (Wildman–Crippen MR) is 138 cm³/mol. The highest BCUT2D eigenvalue weighted by atomic mass is 35.5. The molecule has 8 heteroatoms. The van der Waals surface area contributed by atoms with Crippen LogP contribution in [0.3, 0.4) is 0 Å². The molecule has 0 radical (unpaired) electrons. The molecule has 0 unspecified atom stereocenters. The number of hydrogen-bond acceptors (Lipinski definition) is 5. The van der Waals surface area contributed by atoms with Gasteiger partial charge in [-0.2, -0.15) is 0 Å². The summed E-state index contributed by atoms with van der Waals surface area (Å²) in [6.45, 7) is 2.65. The minimum atomic E-state index is -0.0821. The smallest absolute Gasteiger partial charge is 0.254 e. The Kier molecular flexibility index (Phi) is 7.77. The number of carbonyl (C=O) groups excluding carboxylic acids is 2. The molecule has 4 rings (SSSR count). The number of methoxy groups -OCH3 is 2. The number of halogens is 1. The van der Waals surface area contributed by atoms with Gasteiger partial charge < -0.3 is 24.6 Å². The summed E-state index contributed by atoms with van der Waals surface area (Å²) in [5.41, 5.74) is 3.25. The Balaban J connectivity index is 1.31. The van der Waals surface area contributed by atoms with Gasteiger partial charge in [0.25, 0.3) is 5.91 Å². The van der Waals surface area contributed by atoms with Crippen molar-refractivity contribution < 1.29 is 19.1 Å². The zero-order valence-electron chi connectivity index (χ0n) is 19.8. The number of nitrogens with zero attached hydrogens (tertiary/aromatic N) is 2. The normalized spacial score (nSPS) is 13.3. The fourth-order valence-corrected chi connectivity index (χ4v) is 4.16. The van der Waals surface area contributed by atoms with Gasteiger partial charge in [-0.15, -0.1) is 0 Å². The van der Waals surface area contributed by atoms with Gasteiger partial charge in [0.1, 0.15) is 11.5 Å². The van der Waals surface area contributed by atoms with E-state index < -0.39 is 0 Å². The van der Waals surface area contributed by atoms with Gasteiger partial charge in [0, 0.05) is 54.2 Å². The molecule has 1 heterocycles. The monoisotopic (exact) mass is 493 g/mol. The van der Waals surface area contributed by atoms with Crippen LogP contribution in [0, 0.1) is 0 Å². The molecular weight excluding hydrogens is 466 g/mol. The average molecular weight is 494 g/mol. The molecule has 1 N–H and O–H groups in total. The molecule has 0 atom stereocenters. The first kappa shape index (κ1) is 24.4. The van der Waals surface area contributed by atoms with Gasteiger partial charge >= 0.3 is 0 Å². The van der Waals surface area contributed by atoms with Crippen LogP contribution in [-0.4, -0.2) is 57.1 Å². The molecule has 3 aromatic rings. The molecule has 35 heavy (non-hydrogen) atoms. The lowest BCUT2D eigenvalue weighted by atomic mass is 10.1. The molecule has 0 aliphatic carbocycles. The number of hydrogen-bond donors (Lipinski definition) is 1. The zero-order valence-corrected chi connectivity index (χ0v) is 20.5. The van der Waals surface area contributed by atoms with Crippen LogP contribution in [0.25, 0.3) is 0 Å². The van der Waals surface area contributed by atoms with Gasteiger partial charge in [-0.05, 0) is 54.1 Å². The Morgan fingerprint density at radius 2 is 1.46 bits per heavy atom. The second-order valence-electron chi connectivity index (χ2n) is 8.28. The van der Waals surface area contributed by atoms with Crippen molar-refractivity contribution in [1.82, 2.24) is 4.90 Å². The maximum absolute atomic E-state index is 13.0. The molecule has 1 aliphatic rings. The summed E-state index contributed by atoms with van der Waals surface area (Å²) in [5, 5.41) is 3.58. The largest absolute Gasteiger partial charge is 0.497 e. The van der Waals surface area contributed by atoms with Crippen LogP contribution in [0.5, 0.6) is 11.5 Å². The minimum Gasteiger partial charge on any atom is -0.497 e. The van der Waals surface area contributed by atoms with Crippen molar-refractivity contribution >= 4 is 34.8 Å². The summed E-state index contributed by atoms with van der Waals surface area (Å²) in [6.07, 6.45) is 0.286. The molecule has 0 aromatic heterocycles. The van der Waals surface area contributed by atoms with Crippen LogP contribution in [-0.2, 0) is 11.2 Å². The number of ether oxygens (including phenoxy) is 2. The number of piperazine rings is 1. The summed E-state index contributed by atoms with van der Waals surface area (Å²) >= 11 is 5.90. The lowest BCUT2D eigenvalue weighted by molar-refractivity contribution is -0.115. The Morgan fingerprint density at radius 3 is 2.03 bits per heavy atom. The van der Waals surface area contributed by atoms with Crippen molar-refractivity contribution in [2.24, 2.45) is 0 Å². The Morgan fingerprint density at radius 1 is 0.857 bits per heavy atom. The van der Waals surface area contributed by atoms with Crippen molar-refractivity contribution in [1.29, 1.82) is 0 Å². The van der Waals surface area contributed by atoms with Gasteiger partial charge in [0.2, 0.25) is 5.91 Å². The van der Waals surface area contributed by atoms with Crippen molar-refractivity contribution in [3.8, 4) is 11.5 Å². The van der Waals surface area contributed by atoms with Crippen LogP contribution in [0.1, 0.15) is 15.9 Å². The van der Waals surface area contributed by atoms with Crippen LogP contribution in [0.4, 0.5) is 11.4 Å². The molecule has 0 saturated carbocycles. The van der Waals surface area contributed by atoms with Crippen molar-refractivity contribution in [2.75, 3.05) is 50.6 Å². The van der Waals surface area contributed by atoms with E-state index >= 15 is 0 Å². The van der Waals surface area contributed by atoms with Gasteiger partial charge in [-0.3, -0.25) is 9.59 Å². The van der Waals surface area contributed by atoms with E-state index in [1.54, 1.807) is 44.6 Å². The molecule has 0 spiro atoms. The summed E-state index contributed by atoms with van der Waals surface area (Å²) in [7, 11) is 3.14. The Labute approximate surface area is 210 Å². The molecule has 7 nitrogen and oxygen atoms in total. The highest BCUT2D eigenvalue weighted by molar-refractivity contribution is 6.30. The number of benzene rings is 3. The Bertz CT molecular complexity index is 1150. The van der Waals surface area contributed by atoms with E-state index in [0.29, 0.717) is 35.2 Å². The quantitative estimate of drug-likeness (QED) is 0.524.